The van der Waals surface area contributed by atoms with E-state index in [2.05, 4.69) is 34.6 Å². The van der Waals surface area contributed by atoms with E-state index in [1.54, 1.807) is 6.42 Å². The van der Waals surface area contributed by atoms with Gasteiger partial charge in [-0.15, -0.1) is 0 Å². The molecule has 1 rings (SSSR count). The van der Waals surface area contributed by atoms with Gasteiger partial charge in [-0.1, -0.05) is 86.0 Å². The van der Waals surface area contributed by atoms with Crippen LogP contribution in [0.4, 0.5) is 0 Å². The zero-order chi connectivity index (χ0) is 15.0. The van der Waals surface area contributed by atoms with Gasteiger partial charge in [0.15, 0.2) is 0 Å². The molecule has 120 valence electrons. The Morgan fingerprint density at radius 1 is 0.800 bits per heavy atom. The molecule has 0 aromatic heterocycles. The first-order chi connectivity index (χ1) is 9.60. The molecular weight excluding hydrogens is 240 g/mol. The first-order valence-electron chi connectivity index (χ1n) is 9.60. The van der Waals surface area contributed by atoms with E-state index in [1.807, 2.05) is 0 Å². The Labute approximate surface area is 129 Å². The summed E-state index contributed by atoms with van der Waals surface area (Å²) in [5.41, 5.74) is 0. The van der Waals surface area contributed by atoms with Gasteiger partial charge in [-0.2, -0.15) is 0 Å². The summed E-state index contributed by atoms with van der Waals surface area (Å²) in [5.74, 6) is 5.09. The zero-order valence-corrected chi connectivity index (χ0v) is 15.0. The van der Waals surface area contributed by atoms with E-state index in [1.165, 1.54) is 57.8 Å². The van der Waals surface area contributed by atoms with Crippen LogP contribution < -0.4 is 0 Å². The molecule has 0 heteroatoms. The highest BCUT2D eigenvalue weighted by Crippen LogP contribution is 2.53. The third-order valence-electron chi connectivity index (χ3n) is 5.44. The summed E-state index contributed by atoms with van der Waals surface area (Å²) in [6.45, 7) is 12.0. The Kier molecular flexibility index (Phi) is 8.89. The molecule has 0 amide bonds. The van der Waals surface area contributed by atoms with E-state index in [9.17, 15) is 0 Å². The Bertz CT molecular complexity index is 230. The molecule has 0 radical (unpaired) electrons. The molecule has 0 bridgehead atoms. The molecule has 0 nitrogen and oxygen atoms in total. The highest BCUT2D eigenvalue weighted by atomic mass is 14.5. The van der Waals surface area contributed by atoms with E-state index in [-0.39, 0.29) is 0 Å². The summed E-state index contributed by atoms with van der Waals surface area (Å²) in [5, 5.41) is 0. The molecule has 1 aliphatic rings. The lowest BCUT2D eigenvalue weighted by Crippen LogP contribution is -2.11. The average Bonchev–Trinajstić information content (AvgIpc) is 3.18. The van der Waals surface area contributed by atoms with Gasteiger partial charge in [0.05, 0.1) is 0 Å². The van der Waals surface area contributed by atoms with Crippen molar-refractivity contribution in [2.75, 3.05) is 0 Å². The smallest absolute Gasteiger partial charge is 0.0352 e. The number of rotatable bonds is 12. The largest absolute Gasteiger partial charge is 0.0654 e. The van der Waals surface area contributed by atoms with Crippen molar-refractivity contribution in [1.29, 1.82) is 0 Å². The third-order valence-corrected chi connectivity index (χ3v) is 5.44. The van der Waals surface area contributed by atoms with Crippen molar-refractivity contribution >= 4 is 0 Å². The molecule has 4 atom stereocenters. The van der Waals surface area contributed by atoms with E-state index >= 15 is 0 Å². The van der Waals surface area contributed by atoms with Crippen LogP contribution in [0.5, 0.6) is 0 Å². The summed E-state index contributed by atoms with van der Waals surface area (Å²) >= 11 is 0. The molecule has 0 spiro atoms. The lowest BCUT2D eigenvalue weighted by molar-refractivity contribution is 0.298. The van der Waals surface area contributed by atoms with E-state index in [0.717, 1.165) is 29.6 Å². The van der Waals surface area contributed by atoms with Crippen LogP contribution in [0.2, 0.25) is 0 Å². The second-order valence-corrected chi connectivity index (χ2v) is 7.92. The molecular formula is C20H40. The molecule has 0 aliphatic heterocycles. The minimum Gasteiger partial charge on any atom is -0.0654 e. The number of hydrogen-bond acceptors (Lipinski definition) is 0. The van der Waals surface area contributed by atoms with Gasteiger partial charge in [0.2, 0.25) is 0 Å². The summed E-state index contributed by atoms with van der Waals surface area (Å²) in [6, 6.07) is 0. The highest BCUT2D eigenvalue weighted by Gasteiger charge is 2.44. The molecule has 0 heterocycles. The number of unbranched alkanes of at least 4 members (excludes halogenated alkanes) is 4. The van der Waals surface area contributed by atoms with Gasteiger partial charge in [-0.3, -0.25) is 0 Å². The van der Waals surface area contributed by atoms with Crippen molar-refractivity contribution in [3.63, 3.8) is 0 Å². The summed E-state index contributed by atoms with van der Waals surface area (Å²) in [6.07, 6.45) is 14.6. The summed E-state index contributed by atoms with van der Waals surface area (Å²) in [4.78, 5) is 0. The Morgan fingerprint density at radius 2 is 1.40 bits per heavy atom. The monoisotopic (exact) mass is 280 g/mol. The topological polar surface area (TPSA) is 0 Å². The fourth-order valence-corrected chi connectivity index (χ4v) is 4.13. The minimum atomic E-state index is 0.887. The SMILES string of the molecule is CCCCCC(C)C1CC1C(CCCCC)CC(C)C. The predicted molar refractivity (Wildman–Crippen MR) is 92.0 cm³/mol. The minimum absolute atomic E-state index is 0.887. The van der Waals surface area contributed by atoms with Crippen molar-refractivity contribution in [2.24, 2.45) is 29.6 Å². The van der Waals surface area contributed by atoms with Crippen LogP contribution in [-0.4, -0.2) is 0 Å². The van der Waals surface area contributed by atoms with Gasteiger partial charge in [-0.25, -0.2) is 0 Å². The molecule has 20 heavy (non-hydrogen) atoms. The van der Waals surface area contributed by atoms with Gasteiger partial charge in [0.25, 0.3) is 0 Å². The van der Waals surface area contributed by atoms with Crippen LogP contribution >= 0.6 is 0 Å². The second kappa shape index (κ2) is 9.85. The third kappa shape index (κ3) is 6.64. The summed E-state index contributed by atoms with van der Waals surface area (Å²) < 4.78 is 0. The first-order valence-corrected chi connectivity index (χ1v) is 9.60. The second-order valence-electron chi connectivity index (χ2n) is 7.92. The molecule has 0 aromatic rings. The summed E-state index contributed by atoms with van der Waals surface area (Å²) in [7, 11) is 0. The standard InChI is InChI=1S/C20H40/c1-6-8-10-12-17(5)19-15-20(19)18(14-16(3)4)13-11-9-7-2/h16-20H,6-15H2,1-5H3. The van der Waals surface area contributed by atoms with Gasteiger partial charge < -0.3 is 0 Å². The van der Waals surface area contributed by atoms with Crippen LogP contribution in [0.3, 0.4) is 0 Å². The molecule has 1 aliphatic carbocycles. The predicted octanol–water partition coefficient (Wildman–Crippen LogP) is 7.08. The Balaban J connectivity index is 2.32. The molecule has 4 unspecified atom stereocenters. The maximum Gasteiger partial charge on any atom is -0.0352 e. The van der Waals surface area contributed by atoms with E-state index in [4.69, 9.17) is 0 Å². The first kappa shape index (κ1) is 18.1. The van der Waals surface area contributed by atoms with E-state index < -0.39 is 0 Å². The maximum absolute atomic E-state index is 2.53. The molecule has 0 saturated heterocycles. The van der Waals surface area contributed by atoms with Crippen molar-refractivity contribution in [1.82, 2.24) is 0 Å². The Morgan fingerprint density at radius 3 is 1.95 bits per heavy atom. The maximum atomic E-state index is 2.53. The highest BCUT2D eigenvalue weighted by molar-refractivity contribution is 4.94. The lowest BCUT2D eigenvalue weighted by Gasteiger charge is -2.21. The van der Waals surface area contributed by atoms with Crippen LogP contribution in [0.25, 0.3) is 0 Å². The van der Waals surface area contributed by atoms with Gasteiger partial charge in [0, 0.05) is 0 Å². The molecule has 0 N–H and O–H groups in total. The van der Waals surface area contributed by atoms with Crippen LogP contribution in [0, 0.1) is 29.6 Å². The van der Waals surface area contributed by atoms with Crippen molar-refractivity contribution in [3.05, 3.63) is 0 Å². The molecule has 1 fully saturated rings. The normalized spacial score (nSPS) is 24.9. The van der Waals surface area contributed by atoms with Crippen LogP contribution in [0.1, 0.15) is 98.8 Å². The van der Waals surface area contributed by atoms with Gasteiger partial charge in [0.1, 0.15) is 0 Å². The van der Waals surface area contributed by atoms with Gasteiger partial charge >= 0.3 is 0 Å². The quantitative estimate of drug-likeness (QED) is 0.335. The lowest BCUT2D eigenvalue weighted by atomic mass is 9.85. The van der Waals surface area contributed by atoms with E-state index in [0.29, 0.717) is 0 Å². The zero-order valence-electron chi connectivity index (χ0n) is 15.0. The van der Waals surface area contributed by atoms with Crippen LogP contribution in [0.15, 0.2) is 0 Å². The van der Waals surface area contributed by atoms with Crippen molar-refractivity contribution in [2.45, 2.75) is 98.8 Å². The number of hydrogen-bond donors (Lipinski definition) is 0. The van der Waals surface area contributed by atoms with Crippen molar-refractivity contribution < 1.29 is 0 Å². The van der Waals surface area contributed by atoms with Crippen LogP contribution in [-0.2, 0) is 0 Å². The fraction of sp³-hybridized carbons (Fsp3) is 1.00. The fourth-order valence-electron chi connectivity index (χ4n) is 4.13. The Hall–Kier alpha value is 0. The average molecular weight is 281 g/mol. The molecule has 0 aromatic carbocycles. The van der Waals surface area contributed by atoms with Gasteiger partial charge in [-0.05, 0) is 42.4 Å². The van der Waals surface area contributed by atoms with Crippen molar-refractivity contribution in [3.8, 4) is 0 Å². The molecule has 1 saturated carbocycles.